The van der Waals surface area contributed by atoms with Crippen LogP contribution in [0.2, 0.25) is 0 Å². The molecule has 100 valence electrons. The minimum Gasteiger partial charge on any atom is -0.481 e. The molecule has 0 fully saturated rings. The Balaban J connectivity index is 2.40. The second-order valence-corrected chi connectivity index (χ2v) is 3.85. The topological polar surface area (TPSA) is 85.2 Å². The largest absolute Gasteiger partial charge is 0.481 e. The smallest absolute Gasteiger partial charge is 0.321 e. The van der Waals surface area contributed by atoms with Crippen molar-refractivity contribution in [2.75, 3.05) is 13.0 Å². The number of nitrogens with one attached hydrogen (secondary N) is 2. The van der Waals surface area contributed by atoms with Crippen LogP contribution in [-0.4, -0.2) is 34.7 Å². The van der Waals surface area contributed by atoms with Gasteiger partial charge >= 0.3 is 6.03 Å². The summed E-state index contributed by atoms with van der Waals surface area (Å²) in [6.07, 6.45) is 0.104. The SMILES string of the molecule is COc1cc(CNC(=O)NC(=O)CCCl)nn1C. The highest BCUT2D eigenvalue weighted by Gasteiger charge is 2.09. The van der Waals surface area contributed by atoms with Gasteiger partial charge < -0.3 is 10.1 Å². The van der Waals surface area contributed by atoms with Gasteiger partial charge in [0, 0.05) is 25.4 Å². The van der Waals surface area contributed by atoms with E-state index in [0.717, 1.165) is 0 Å². The molecule has 0 unspecified atom stereocenters. The van der Waals surface area contributed by atoms with Crippen LogP contribution < -0.4 is 15.4 Å². The fourth-order valence-electron chi connectivity index (χ4n) is 1.27. The quantitative estimate of drug-likeness (QED) is 0.761. The van der Waals surface area contributed by atoms with Gasteiger partial charge in [0.15, 0.2) is 0 Å². The van der Waals surface area contributed by atoms with Crippen molar-refractivity contribution in [3.8, 4) is 5.88 Å². The minimum atomic E-state index is -0.574. The standard InChI is InChI=1S/C10H15ClN4O3/c1-15-9(18-2)5-7(14-15)6-12-10(17)13-8(16)3-4-11/h5H,3-4,6H2,1-2H3,(H2,12,13,16,17). The molecular weight excluding hydrogens is 260 g/mol. The summed E-state index contributed by atoms with van der Waals surface area (Å²) in [5.41, 5.74) is 0.634. The Kier molecular flexibility index (Phi) is 5.44. The van der Waals surface area contributed by atoms with Crippen LogP contribution in [-0.2, 0) is 18.4 Å². The van der Waals surface area contributed by atoms with Gasteiger partial charge in [0.1, 0.15) is 0 Å². The summed E-state index contributed by atoms with van der Waals surface area (Å²) in [5, 5.41) is 8.77. The predicted octanol–water partition coefficient (Wildman–Crippen LogP) is 0.383. The Bertz CT molecular complexity index is 433. The molecule has 18 heavy (non-hydrogen) atoms. The highest BCUT2D eigenvalue weighted by atomic mass is 35.5. The molecule has 8 heteroatoms. The van der Waals surface area contributed by atoms with E-state index < -0.39 is 11.9 Å². The number of amides is 3. The number of carbonyl (C=O) groups excluding carboxylic acids is 2. The minimum absolute atomic E-state index is 0.104. The number of nitrogens with zero attached hydrogens (tertiary/aromatic N) is 2. The van der Waals surface area contributed by atoms with Crippen molar-refractivity contribution in [1.29, 1.82) is 0 Å². The van der Waals surface area contributed by atoms with E-state index in [1.165, 1.54) is 7.11 Å². The van der Waals surface area contributed by atoms with Crippen molar-refractivity contribution in [2.24, 2.45) is 7.05 Å². The fraction of sp³-hybridized carbons (Fsp3) is 0.500. The van der Waals surface area contributed by atoms with Crippen molar-refractivity contribution in [1.82, 2.24) is 20.4 Å². The van der Waals surface area contributed by atoms with Gasteiger partial charge in [-0.05, 0) is 0 Å². The molecule has 0 aliphatic carbocycles. The molecule has 0 spiro atoms. The third kappa shape index (κ3) is 4.25. The summed E-state index contributed by atoms with van der Waals surface area (Å²) in [6, 6.07) is 1.12. The lowest BCUT2D eigenvalue weighted by Crippen LogP contribution is -2.39. The van der Waals surface area contributed by atoms with E-state index in [4.69, 9.17) is 16.3 Å². The van der Waals surface area contributed by atoms with E-state index in [9.17, 15) is 9.59 Å². The maximum Gasteiger partial charge on any atom is 0.321 e. The molecule has 1 rings (SSSR count). The number of carbonyl (C=O) groups is 2. The van der Waals surface area contributed by atoms with Crippen LogP contribution in [0.1, 0.15) is 12.1 Å². The molecule has 1 heterocycles. The van der Waals surface area contributed by atoms with Gasteiger partial charge in [-0.2, -0.15) is 5.10 Å². The average molecular weight is 275 g/mol. The number of halogens is 1. The summed E-state index contributed by atoms with van der Waals surface area (Å²) < 4.78 is 6.58. The Morgan fingerprint density at radius 3 is 2.83 bits per heavy atom. The number of methoxy groups -OCH3 is 1. The first-order chi connectivity index (χ1) is 8.56. The van der Waals surface area contributed by atoms with E-state index in [2.05, 4.69) is 15.7 Å². The first-order valence-corrected chi connectivity index (χ1v) is 5.80. The number of ether oxygens (including phenoxy) is 1. The van der Waals surface area contributed by atoms with Gasteiger partial charge in [-0.25, -0.2) is 9.48 Å². The Labute approximate surface area is 109 Å². The number of aryl methyl sites for hydroxylation is 1. The van der Waals surface area contributed by atoms with Crippen molar-refractivity contribution in [2.45, 2.75) is 13.0 Å². The molecule has 0 aliphatic rings. The molecule has 0 saturated heterocycles. The zero-order valence-electron chi connectivity index (χ0n) is 10.2. The lowest BCUT2D eigenvalue weighted by Gasteiger charge is -2.03. The highest BCUT2D eigenvalue weighted by molar-refractivity contribution is 6.19. The second-order valence-electron chi connectivity index (χ2n) is 3.47. The van der Waals surface area contributed by atoms with Gasteiger partial charge in [-0.1, -0.05) is 0 Å². The molecule has 3 amide bonds. The maximum absolute atomic E-state index is 11.3. The van der Waals surface area contributed by atoms with Crippen molar-refractivity contribution in [3.05, 3.63) is 11.8 Å². The lowest BCUT2D eigenvalue weighted by molar-refractivity contribution is -0.119. The maximum atomic E-state index is 11.3. The molecule has 1 aromatic heterocycles. The summed E-state index contributed by atoms with van der Waals surface area (Å²) in [4.78, 5) is 22.4. The summed E-state index contributed by atoms with van der Waals surface area (Å²) in [7, 11) is 3.26. The molecule has 0 aliphatic heterocycles. The summed E-state index contributed by atoms with van der Waals surface area (Å²) in [6.45, 7) is 0.206. The number of hydrogen-bond acceptors (Lipinski definition) is 4. The van der Waals surface area contributed by atoms with Crippen LogP contribution in [0.25, 0.3) is 0 Å². The summed E-state index contributed by atoms with van der Waals surface area (Å²) in [5.74, 6) is 0.350. The number of rotatable bonds is 5. The van der Waals surface area contributed by atoms with Gasteiger partial charge in [-0.15, -0.1) is 11.6 Å². The molecule has 0 bridgehead atoms. The average Bonchev–Trinajstić information content (AvgIpc) is 2.67. The van der Waals surface area contributed by atoms with E-state index in [-0.39, 0.29) is 18.8 Å². The van der Waals surface area contributed by atoms with Crippen LogP contribution in [0, 0.1) is 0 Å². The molecule has 0 saturated carbocycles. The Morgan fingerprint density at radius 1 is 1.56 bits per heavy atom. The third-order valence-corrected chi connectivity index (χ3v) is 2.29. The highest BCUT2D eigenvalue weighted by Crippen LogP contribution is 2.10. The van der Waals surface area contributed by atoms with Gasteiger partial charge in [0.25, 0.3) is 0 Å². The molecule has 0 atom stereocenters. The van der Waals surface area contributed by atoms with Crippen molar-refractivity contribution in [3.63, 3.8) is 0 Å². The van der Waals surface area contributed by atoms with Crippen LogP contribution in [0.15, 0.2) is 6.07 Å². The lowest BCUT2D eigenvalue weighted by atomic mass is 10.4. The zero-order chi connectivity index (χ0) is 13.5. The number of imide groups is 1. The molecule has 0 radical (unpaired) electrons. The predicted molar refractivity (Wildman–Crippen MR) is 65.5 cm³/mol. The molecule has 2 N–H and O–H groups in total. The van der Waals surface area contributed by atoms with Crippen LogP contribution in [0.5, 0.6) is 5.88 Å². The van der Waals surface area contributed by atoms with Crippen LogP contribution in [0.4, 0.5) is 4.79 Å². The number of urea groups is 1. The molecule has 7 nitrogen and oxygen atoms in total. The normalized spacial score (nSPS) is 9.94. The Morgan fingerprint density at radius 2 is 2.28 bits per heavy atom. The second kappa shape index (κ2) is 6.85. The van der Waals surface area contributed by atoms with Crippen molar-refractivity contribution >= 4 is 23.5 Å². The molecular formula is C10H15ClN4O3. The van der Waals surface area contributed by atoms with E-state index in [1.54, 1.807) is 17.8 Å². The molecule has 1 aromatic rings. The third-order valence-electron chi connectivity index (χ3n) is 2.10. The van der Waals surface area contributed by atoms with Gasteiger partial charge in [-0.3, -0.25) is 10.1 Å². The van der Waals surface area contributed by atoms with Gasteiger partial charge in [0.2, 0.25) is 11.8 Å². The monoisotopic (exact) mass is 274 g/mol. The number of hydrogen-bond donors (Lipinski definition) is 2. The fourth-order valence-corrected chi connectivity index (χ4v) is 1.45. The van der Waals surface area contributed by atoms with Gasteiger partial charge in [0.05, 0.1) is 19.3 Å². The van der Waals surface area contributed by atoms with E-state index in [0.29, 0.717) is 11.6 Å². The van der Waals surface area contributed by atoms with E-state index >= 15 is 0 Å². The van der Waals surface area contributed by atoms with Crippen LogP contribution in [0.3, 0.4) is 0 Å². The van der Waals surface area contributed by atoms with Crippen molar-refractivity contribution < 1.29 is 14.3 Å². The zero-order valence-corrected chi connectivity index (χ0v) is 11.0. The first-order valence-electron chi connectivity index (χ1n) is 5.27. The number of aromatic nitrogens is 2. The van der Waals surface area contributed by atoms with Crippen LogP contribution >= 0.6 is 11.6 Å². The molecule has 0 aromatic carbocycles. The van der Waals surface area contributed by atoms with E-state index in [1.807, 2.05) is 0 Å². The first kappa shape index (κ1) is 14.3. The Hall–Kier alpha value is -1.76. The summed E-state index contributed by atoms with van der Waals surface area (Å²) >= 11 is 5.37. The number of alkyl halides is 1.